The minimum atomic E-state index is 0.0930. The monoisotopic (exact) mass is 708 g/mol. The number of pyridine rings is 2. The van der Waals surface area contributed by atoms with Gasteiger partial charge in [-0.2, -0.15) is 4.80 Å². The van der Waals surface area contributed by atoms with Crippen LogP contribution in [0.4, 0.5) is 0 Å². The second kappa shape index (κ2) is 15.3. The molecule has 6 aromatic rings. The van der Waals surface area contributed by atoms with Crippen molar-refractivity contribution in [2.75, 3.05) is 0 Å². The van der Waals surface area contributed by atoms with Gasteiger partial charge in [0.05, 0.1) is 27.7 Å². The van der Waals surface area contributed by atoms with E-state index in [0.29, 0.717) is 68.9 Å². The zero-order chi connectivity index (χ0) is 34.5. The van der Waals surface area contributed by atoms with Crippen LogP contribution in [0.3, 0.4) is 0 Å². The van der Waals surface area contributed by atoms with E-state index in [1.54, 1.807) is 34.3 Å². The summed E-state index contributed by atoms with van der Waals surface area (Å²) in [5.41, 5.74) is 3.60. The second-order valence-electron chi connectivity index (χ2n) is 12.7. The summed E-state index contributed by atoms with van der Waals surface area (Å²) in [5.74, 6) is 2.71. The van der Waals surface area contributed by atoms with E-state index in [4.69, 9.17) is 0 Å². The molecule has 6 heterocycles. The van der Waals surface area contributed by atoms with Crippen LogP contribution in [0, 0.1) is 25.7 Å². The van der Waals surface area contributed by atoms with Crippen molar-refractivity contribution < 1.29 is 9.59 Å². The molecule has 8 rings (SSSR count). The van der Waals surface area contributed by atoms with Crippen molar-refractivity contribution in [1.82, 2.24) is 60.4 Å². The predicted octanol–water partition coefficient (Wildman–Crippen LogP) is 5.45. The summed E-state index contributed by atoms with van der Waals surface area (Å²) in [6, 6.07) is 7.73. The Hall–Kier alpha value is -4.96. The van der Waals surface area contributed by atoms with Crippen molar-refractivity contribution >= 4 is 34.2 Å². The first-order valence-corrected chi connectivity index (χ1v) is 18.4. The maximum absolute atomic E-state index is 12.6. The standard InChI is InChI=1S/2C17H18N6OS/c1-11-15(14(24)7-6-12-3-2-8-18-9-12)25-17(19-11)16-20-21-22-23(16)10-13-4-5-13;1-11-15(14(24)7-6-12-3-2-8-18-9-12)25-17(19-11)16-20-22-23(21-16)10-13-4-5-13/h2*2-3,8-9,13H,4-7,10H2,1H3. The van der Waals surface area contributed by atoms with Crippen LogP contribution < -0.4 is 0 Å². The van der Waals surface area contributed by atoms with Gasteiger partial charge in [-0.25, -0.2) is 14.6 Å². The van der Waals surface area contributed by atoms with Crippen molar-refractivity contribution in [3.63, 3.8) is 0 Å². The Morgan fingerprint density at radius 2 is 1.34 bits per heavy atom. The van der Waals surface area contributed by atoms with Crippen molar-refractivity contribution in [1.29, 1.82) is 0 Å². The quantitative estimate of drug-likeness (QED) is 0.131. The van der Waals surface area contributed by atoms with Crippen LogP contribution in [0.25, 0.3) is 21.7 Å². The van der Waals surface area contributed by atoms with Crippen molar-refractivity contribution in [3.05, 3.63) is 81.3 Å². The highest BCUT2D eigenvalue weighted by Crippen LogP contribution is 2.33. The minimum absolute atomic E-state index is 0.0930. The summed E-state index contributed by atoms with van der Waals surface area (Å²) in [4.78, 5) is 45.3. The molecule has 0 aromatic carbocycles. The van der Waals surface area contributed by atoms with Gasteiger partial charge in [0, 0.05) is 44.2 Å². The van der Waals surface area contributed by atoms with Gasteiger partial charge in [0.1, 0.15) is 0 Å². The molecule has 2 aliphatic rings. The minimum Gasteiger partial charge on any atom is -0.293 e. The molecule has 0 bridgehead atoms. The van der Waals surface area contributed by atoms with E-state index >= 15 is 0 Å². The Labute approximate surface area is 296 Å². The van der Waals surface area contributed by atoms with Crippen molar-refractivity contribution in [2.45, 2.75) is 78.3 Å². The third-order valence-corrected chi connectivity index (χ3v) is 10.8. The van der Waals surface area contributed by atoms with Gasteiger partial charge < -0.3 is 0 Å². The number of aryl methyl sites for hydroxylation is 4. The lowest BCUT2D eigenvalue weighted by atomic mass is 10.1. The summed E-state index contributed by atoms with van der Waals surface area (Å²) < 4.78 is 1.81. The molecule has 0 unspecified atom stereocenters. The molecule has 0 N–H and O–H groups in total. The average molecular weight is 709 g/mol. The fourth-order valence-electron chi connectivity index (χ4n) is 5.30. The molecule has 2 aliphatic carbocycles. The molecule has 14 nitrogen and oxygen atoms in total. The number of hydrogen-bond acceptors (Lipinski definition) is 14. The largest absolute Gasteiger partial charge is 0.293 e. The first-order chi connectivity index (χ1) is 24.4. The molecule has 0 radical (unpaired) electrons. The number of hydrogen-bond donors (Lipinski definition) is 0. The van der Waals surface area contributed by atoms with Gasteiger partial charge in [0.25, 0.3) is 0 Å². The second-order valence-corrected chi connectivity index (χ2v) is 14.7. The Bertz CT molecular complexity index is 2060. The number of Topliss-reactive ketones (excluding diaryl/α,β-unsaturated/α-hetero) is 2. The van der Waals surface area contributed by atoms with Crippen LogP contribution in [0.15, 0.2) is 49.1 Å². The molecule has 0 spiro atoms. The third-order valence-electron chi connectivity index (χ3n) is 8.44. The molecule has 256 valence electrons. The summed E-state index contributed by atoms with van der Waals surface area (Å²) in [6.07, 6.45) is 14.2. The molecule has 0 aliphatic heterocycles. The van der Waals surface area contributed by atoms with Crippen LogP contribution in [0.1, 0.15) is 80.4 Å². The van der Waals surface area contributed by atoms with E-state index in [2.05, 4.69) is 50.9 Å². The molecule has 6 aromatic heterocycles. The Balaban J connectivity index is 0.000000157. The molecule has 50 heavy (non-hydrogen) atoms. The van der Waals surface area contributed by atoms with Gasteiger partial charge >= 0.3 is 0 Å². The smallest absolute Gasteiger partial charge is 0.233 e. The van der Waals surface area contributed by atoms with Crippen LogP contribution >= 0.6 is 22.7 Å². The molecule has 16 heteroatoms. The van der Waals surface area contributed by atoms with E-state index in [1.165, 1.54) is 48.4 Å². The number of carbonyl (C=O) groups is 2. The molecular formula is C34H36N12O2S2. The highest BCUT2D eigenvalue weighted by Gasteiger charge is 2.26. The Morgan fingerprint density at radius 3 is 1.92 bits per heavy atom. The lowest BCUT2D eigenvalue weighted by Gasteiger charge is -2.00. The number of thiazole rings is 2. The maximum Gasteiger partial charge on any atom is 0.233 e. The predicted molar refractivity (Wildman–Crippen MR) is 187 cm³/mol. The first-order valence-electron chi connectivity index (χ1n) is 16.7. The van der Waals surface area contributed by atoms with Gasteiger partial charge in [0.15, 0.2) is 21.6 Å². The molecule has 0 amide bonds. The lowest BCUT2D eigenvalue weighted by molar-refractivity contribution is 0.0977. The number of aromatic nitrogens is 12. The number of ketones is 2. The van der Waals surface area contributed by atoms with Crippen molar-refractivity contribution in [3.8, 4) is 21.7 Å². The number of nitrogens with zero attached hydrogens (tertiary/aromatic N) is 12. The first kappa shape index (κ1) is 33.5. The van der Waals surface area contributed by atoms with E-state index in [9.17, 15) is 9.59 Å². The normalized spacial score (nSPS) is 14.0. The molecule has 2 fully saturated rings. The highest BCUT2D eigenvalue weighted by molar-refractivity contribution is 7.17. The Kier molecular flexibility index (Phi) is 10.3. The number of rotatable bonds is 14. The SMILES string of the molecule is Cc1nc(-c2nnn(CC3CC3)n2)sc1C(=O)CCc1cccnc1.Cc1nc(-c2nnnn2CC2CC2)sc1C(=O)CCc1cccnc1. The summed E-state index contributed by atoms with van der Waals surface area (Å²) in [6.45, 7) is 5.36. The fourth-order valence-corrected chi connectivity index (χ4v) is 7.28. The Morgan fingerprint density at radius 1 is 0.760 bits per heavy atom. The molecule has 0 saturated heterocycles. The fraction of sp³-hybridized carbons (Fsp3) is 0.412. The van der Waals surface area contributed by atoms with Gasteiger partial charge in [-0.1, -0.05) is 12.1 Å². The van der Waals surface area contributed by atoms with E-state index in [-0.39, 0.29) is 11.6 Å². The summed E-state index contributed by atoms with van der Waals surface area (Å²) in [5, 5.41) is 25.9. The van der Waals surface area contributed by atoms with Gasteiger partial charge in [0.2, 0.25) is 11.6 Å². The van der Waals surface area contributed by atoms with Crippen LogP contribution in [-0.2, 0) is 25.9 Å². The highest BCUT2D eigenvalue weighted by atomic mass is 32.1. The zero-order valence-electron chi connectivity index (χ0n) is 27.8. The van der Waals surface area contributed by atoms with Gasteiger partial charge in [-0.3, -0.25) is 19.6 Å². The zero-order valence-corrected chi connectivity index (χ0v) is 29.5. The van der Waals surface area contributed by atoms with E-state index in [1.807, 2.05) is 38.1 Å². The van der Waals surface area contributed by atoms with Gasteiger partial charge in [-0.05, 0) is 103 Å². The molecule has 2 saturated carbocycles. The number of carbonyl (C=O) groups excluding carboxylic acids is 2. The number of tetrazole rings is 2. The van der Waals surface area contributed by atoms with Gasteiger partial charge in [-0.15, -0.1) is 38.0 Å². The third kappa shape index (κ3) is 8.60. The van der Waals surface area contributed by atoms with E-state index in [0.717, 1.165) is 35.6 Å². The molecular weight excluding hydrogens is 673 g/mol. The summed E-state index contributed by atoms with van der Waals surface area (Å²) >= 11 is 2.73. The average Bonchev–Trinajstić information content (AvgIpc) is 3.90. The summed E-state index contributed by atoms with van der Waals surface area (Å²) in [7, 11) is 0. The van der Waals surface area contributed by atoms with Crippen LogP contribution in [-0.4, -0.2) is 71.9 Å². The maximum atomic E-state index is 12.6. The molecule has 0 atom stereocenters. The topological polar surface area (TPSA) is 173 Å². The van der Waals surface area contributed by atoms with Crippen LogP contribution in [0.2, 0.25) is 0 Å². The van der Waals surface area contributed by atoms with E-state index < -0.39 is 0 Å². The lowest BCUT2D eigenvalue weighted by Crippen LogP contribution is -2.04. The van der Waals surface area contributed by atoms with Crippen LogP contribution in [0.5, 0.6) is 0 Å². The van der Waals surface area contributed by atoms with Crippen molar-refractivity contribution in [2.24, 2.45) is 11.8 Å².